The molecular weight excluding hydrogens is 290 g/mol. The first-order valence-electron chi connectivity index (χ1n) is 8.34. The summed E-state index contributed by atoms with van der Waals surface area (Å²) in [5.41, 5.74) is 3.93. The fraction of sp³-hybridized carbons (Fsp3) is 0.0435. The first-order valence-corrected chi connectivity index (χ1v) is 8.34. The summed E-state index contributed by atoms with van der Waals surface area (Å²) in [7, 11) is 0. The maximum atomic E-state index is 2.44. The summed E-state index contributed by atoms with van der Waals surface area (Å²) in [5, 5.41) is 5.25. The molecule has 0 fully saturated rings. The second kappa shape index (κ2) is 5.24. The molecule has 0 radical (unpaired) electrons. The third-order valence-corrected chi connectivity index (χ3v) is 4.82. The van der Waals surface area contributed by atoms with Gasteiger partial charge in [0.2, 0.25) is 0 Å². The molecule has 24 heavy (non-hydrogen) atoms. The van der Waals surface area contributed by atoms with Crippen molar-refractivity contribution < 1.29 is 0 Å². The van der Waals surface area contributed by atoms with Gasteiger partial charge in [-0.3, -0.25) is 0 Å². The summed E-state index contributed by atoms with van der Waals surface area (Å²) in [4.78, 5) is 0. The van der Waals surface area contributed by atoms with Crippen molar-refractivity contribution in [2.24, 2.45) is 0 Å². The highest BCUT2D eigenvalue weighted by Gasteiger charge is 2.11. The monoisotopic (exact) mass is 307 g/mol. The molecule has 0 N–H and O–H groups in total. The lowest BCUT2D eigenvalue weighted by Gasteiger charge is -2.08. The average Bonchev–Trinajstić information content (AvgIpc) is 2.94. The molecule has 114 valence electrons. The minimum absolute atomic E-state index is 0.892. The van der Waals surface area contributed by atoms with Crippen LogP contribution in [0.3, 0.4) is 0 Å². The van der Waals surface area contributed by atoms with E-state index in [1.807, 2.05) is 0 Å². The molecule has 0 unspecified atom stereocenters. The molecule has 0 atom stereocenters. The minimum Gasteiger partial charge on any atom is -0.336 e. The van der Waals surface area contributed by atoms with E-state index in [1.54, 1.807) is 0 Å². The van der Waals surface area contributed by atoms with E-state index in [2.05, 4.69) is 95.6 Å². The molecule has 4 aromatic carbocycles. The van der Waals surface area contributed by atoms with Gasteiger partial charge in [0.15, 0.2) is 0 Å². The van der Waals surface area contributed by atoms with Crippen LogP contribution in [-0.4, -0.2) is 4.57 Å². The van der Waals surface area contributed by atoms with E-state index in [1.165, 1.54) is 38.1 Å². The highest BCUT2D eigenvalue weighted by Crippen LogP contribution is 2.32. The SMILES string of the molecule is c1ccc(Cn2c3ccccc3c3cc4ccccc4cc32)cc1. The van der Waals surface area contributed by atoms with Gasteiger partial charge in [-0.05, 0) is 34.5 Å². The number of benzene rings is 4. The Hall–Kier alpha value is -3.06. The van der Waals surface area contributed by atoms with Gasteiger partial charge in [-0.1, -0.05) is 72.8 Å². The van der Waals surface area contributed by atoms with Crippen molar-refractivity contribution in [3.63, 3.8) is 0 Å². The molecule has 1 heteroatoms. The number of hydrogen-bond acceptors (Lipinski definition) is 0. The van der Waals surface area contributed by atoms with Crippen molar-refractivity contribution in [1.29, 1.82) is 0 Å². The van der Waals surface area contributed by atoms with E-state index < -0.39 is 0 Å². The van der Waals surface area contributed by atoms with E-state index in [0.717, 1.165) is 6.54 Å². The molecular formula is C23H17N. The zero-order valence-corrected chi connectivity index (χ0v) is 13.3. The number of rotatable bonds is 2. The van der Waals surface area contributed by atoms with Gasteiger partial charge in [-0.2, -0.15) is 0 Å². The maximum Gasteiger partial charge on any atom is 0.0500 e. The molecule has 0 amide bonds. The van der Waals surface area contributed by atoms with Crippen LogP contribution in [-0.2, 0) is 6.54 Å². The van der Waals surface area contributed by atoms with Crippen LogP contribution >= 0.6 is 0 Å². The van der Waals surface area contributed by atoms with Crippen LogP contribution in [0.4, 0.5) is 0 Å². The van der Waals surface area contributed by atoms with Crippen molar-refractivity contribution in [3.8, 4) is 0 Å². The van der Waals surface area contributed by atoms with Gasteiger partial charge in [0.1, 0.15) is 0 Å². The molecule has 0 bridgehead atoms. The van der Waals surface area contributed by atoms with E-state index >= 15 is 0 Å². The van der Waals surface area contributed by atoms with Crippen LogP contribution in [0.5, 0.6) is 0 Å². The first kappa shape index (κ1) is 13.4. The summed E-state index contributed by atoms with van der Waals surface area (Å²) in [6, 6.07) is 32.7. The van der Waals surface area contributed by atoms with Crippen molar-refractivity contribution in [1.82, 2.24) is 4.57 Å². The zero-order chi connectivity index (χ0) is 15.9. The summed E-state index contributed by atoms with van der Waals surface area (Å²) in [6.07, 6.45) is 0. The lowest BCUT2D eigenvalue weighted by Crippen LogP contribution is -1.98. The van der Waals surface area contributed by atoms with Gasteiger partial charge >= 0.3 is 0 Å². The summed E-state index contributed by atoms with van der Waals surface area (Å²) in [6.45, 7) is 0.892. The molecule has 1 aromatic heterocycles. The van der Waals surface area contributed by atoms with Crippen LogP contribution in [0.1, 0.15) is 5.56 Å². The first-order chi connectivity index (χ1) is 11.9. The smallest absolute Gasteiger partial charge is 0.0500 e. The van der Waals surface area contributed by atoms with Crippen LogP contribution in [0.2, 0.25) is 0 Å². The Morgan fingerprint density at radius 2 is 1.21 bits per heavy atom. The highest BCUT2D eigenvalue weighted by molar-refractivity contribution is 6.12. The third kappa shape index (κ3) is 2.02. The Morgan fingerprint density at radius 1 is 0.542 bits per heavy atom. The van der Waals surface area contributed by atoms with Gasteiger partial charge in [0.05, 0.1) is 5.52 Å². The van der Waals surface area contributed by atoms with Gasteiger partial charge < -0.3 is 4.57 Å². The van der Waals surface area contributed by atoms with E-state index in [-0.39, 0.29) is 0 Å². The number of fused-ring (bicyclic) bond motifs is 4. The lowest BCUT2D eigenvalue weighted by molar-refractivity contribution is 0.869. The normalized spacial score (nSPS) is 11.5. The van der Waals surface area contributed by atoms with Crippen molar-refractivity contribution in [3.05, 3.63) is 96.6 Å². The molecule has 0 saturated heterocycles. The van der Waals surface area contributed by atoms with Gasteiger partial charge in [0, 0.05) is 22.8 Å². The molecule has 0 spiro atoms. The van der Waals surface area contributed by atoms with Crippen LogP contribution in [0.25, 0.3) is 32.6 Å². The Morgan fingerprint density at radius 3 is 2.04 bits per heavy atom. The van der Waals surface area contributed by atoms with Gasteiger partial charge in [-0.25, -0.2) is 0 Å². The zero-order valence-electron chi connectivity index (χ0n) is 13.3. The number of aromatic nitrogens is 1. The molecule has 5 rings (SSSR count). The maximum absolute atomic E-state index is 2.44. The standard InChI is InChI=1S/C23H17N/c1-2-8-17(9-3-1)16-24-22-13-7-6-12-20(22)21-14-18-10-4-5-11-19(18)15-23(21)24/h1-15H,16H2. The molecule has 5 aromatic rings. The number of para-hydroxylation sites is 1. The van der Waals surface area contributed by atoms with Gasteiger partial charge in [-0.15, -0.1) is 0 Å². The molecule has 0 aliphatic heterocycles. The summed E-state index contributed by atoms with van der Waals surface area (Å²) in [5.74, 6) is 0. The van der Waals surface area contributed by atoms with Crippen molar-refractivity contribution in [2.45, 2.75) is 6.54 Å². The molecule has 0 saturated carbocycles. The fourth-order valence-electron chi connectivity index (χ4n) is 3.67. The van der Waals surface area contributed by atoms with E-state index in [9.17, 15) is 0 Å². The Labute approximate surface area is 140 Å². The van der Waals surface area contributed by atoms with Crippen LogP contribution < -0.4 is 0 Å². The largest absolute Gasteiger partial charge is 0.336 e. The molecule has 0 aliphatic rings. The summed E-state index contributed by atoms with van der Waals surface area (Å²) >= 11 is 0. The van der Waals surface area contributed by atoms with E-state index in [4.69, 9.17) is 0 Å². The van der Waals surface area contributed by atoms with Crippen molar-refractivity contribution >= 4 is 32.6 Å². The quantitative estimate of drug-likeness (QED) is 0.377. The molecule has 1 nitrogen and oxygen atoms in total. The topological polar surface area (TPSA) is 4.93 Å². The Kier molecular flexibility index (Phi) is 2.92. The van der Waals surface area contributed by atoms with Crippen molar-refractivity contribution in [2.75, 3.05) is 0 Å². The third-order valence-electron chi connectivity index (χ3n) is 4.82. The lowest BCUT2D eigenvalue weighted by atomic mass is 10.1. The molecule has 1 heterocycles. The highest BCUT2D eigenvalue weighted by atomic mass is 15.0. The van der Waals surface area contributed by atoms with Crippen LogP contribution in [0, 0.1) is 0 Å². The number of nitrogens with zero attached hydrogens (tertiary/aromatic N) is 1. The molecule has 0 aliphatic carbocycles. The predicted molar refractivity (Wildman–Crippen MR) is 102 cm³/mol. The number of hydrogen-bond donors (Lipinski definition) is 0. The second-order valence-electron chi connectivity index (χ2n) is 6.31. The van der Waals surface area contributed by atoms with Gasteiger partial charge in [0.25, 0.3) is 0 Å². The average molecular weight is 307 g/mol. The van der Waals surface area contributed by atoms with E-state index in [0.29, 0.717) is 0 Å². The Bertz CT molecular complexity index is 1170. The Balaban J connectivity index is 1.87. The predicted octanol–water partition coefficient (Wildman–Crippen LogP) is 6.00. The minimum atomic E-state index is 0.892. The second-order valence-corrected chi connectivity index (χ2v) is 6.31. The van der Waals surface area contributed by atoms with Crippen LogP contribution in [0.15, 0.2) is 91.0 Å². The summed E-state index contributed by atoms with van der Waals surface area (Å²) < 4.78 is 2.44. The fourth-order valence-corrected chi connectivity index (χ4v) is 3.67.